The molecule has 1 heterocycles. The first-order chi connectivity index (χ1) is 7.58. The SMILES string of the molecule is Cc1ccc(I)c(C(=O)N2CC[C@@H](N)C2)c1. The van der Waals surface area contributed by atoms with E-state index in [2.05, 4.69) is 22.6 Å². The zero-order valence-electron chi connectivity index (χ0n) is 9.24. The Labute approximate surface area is 109 Å². The van der Waals surface area contributed by atoms with Gasteiger partial charge in [-0.1, -0.05) is 11.6 Å². The van der Waals surface area contributed by atoms with Crippen LogP contribution in [0.15, 0.2) is 18.2 Å². The molecule has 2 rings (SSSR count). The molecular formula is C12H15IN2O. The highest BCUT2D eigenvalue weighted by atomic mass is 127. The quantitative estimate of drug-likeness (QED) is 0.798. The van der Waals surface area contributed by atoms with E-state index in [-0.39, 0.29) is 11.9 Å². The first-order valence-electron chi connectivity index (χ1n) is 5.39. The van der Waals surface area contributed by atoms with Crippen LogP contribution in [-0.2, 0) is 0 Å². The maximum atomic E-state index is 12.2. The Morgan fingerprint density at radius 3 is 2.94 bits per heavy atom. The lowest BCUT2D eigenvalue weighted by Gasteiger charge is -2.17. The van der Waals surface area contributed by atoms with E-state index < -0.39 is 0 Å². The number of aryl methyl sites for hydroxylation is 1. The molecule has 1 aliphatic rings. The number of likely N-dealkylation sites (tertiary alicyclic amines) is 1. The standard InChI is InChI=1S/C12H15IN2O/c1-8-2-3-11(13)10(6-8)12(16)15-5-4-9(14)7-15/h2-3,6,9H,4-5,7,14H2,1H3/t9-/m1/s1. The van der Waals surface area contributed by atoms with Crippen molar-refractivity contribution in [3.8, 4) is 0 Å². The van der Waals surface area contributed by atoms with Gasteiger partial charge in [-0.05, 0) is 48.1 Å². The van der Waals surface area contributed by atoms with Crippen LogP contribution in [-0.4, -0.2) is 29.9 Å². The Balaban J connectivity index is 2.23. The van der Waals surface area contributed by atoms with Gasteiger partial charge in [0.05, 0.1) is 5.56 Å². The third kappa shape index (κ3) is 2.38. The molecule has 86 valence electrons. The molecule has 1 atom stereocenters. The molecule has 1 aromatic carbocycles. The maximum Gasteiger partial charge on any atom is 0.254 e. The summed E-state index contributed by atoms with van der Waals surface area (Å²) in [4.78, 5) is 14.1. The minimum Gasteiger partial charge on any atom is -0.337 e. The summed E-state index contributed by atoms with van der Waals surface area (Å²) in [5, 5.41) is 0. The highest BCUT2D eigenvalue weighted by Gasteiger charge is 2.25. The van der Waals surface area contributed by atoms with Crippen molar-refractivity contribution in [1.82, 2.24) is 4.90 Å². The molecule has 3 nitrogen and oxygen atoms in total. The molecular weight excluding hydrogens is 315 g/mol. The van der Waals surface area contributed by atoms with Crippen molar-refractivity contribution in [2.24, 2.45) is 5.73 Å². The average molecular weight is 330 g/mol. The highest BCUT2D eigenvalue weighted by molar-refractivity contribution is 14.1. The van der Waals surface area contributed by atoms with Crippen molar-refractivity contribution in [3.05, 3.63) is 32.9 Å². The maximum absolute atomic E-state index is 12.2. The van der Waals surface area contributed by atoms with E-state index in [1.807, 2.05) is 30.0 Å². The number of hydrogen-bond donors (Lipinski definition) is 1. The van der Waals surface area contributed by atoms with Gasteiger partial charge in [0.25, 0.3) is 5.91 Å². The van der Waals surface area contributed by atoms with Crippen LogP contribution >= 0.6 is 22.6 Å². The van der Waals surface area contributed by atoms with Crippen LogP contribution in [0.3, 0.4) is 0 Å². The molecule has 1 aliphatic heterocycles. The Morgan fingerprint density at radius 1 is 1.56 bits per heavy atom. The average Bonchev–Trinajstić information content (AvgIpc) is 2.67. The number of hydrogen-bond acceptors (Lipinski definition) is 2. The Kier molecular flexibility index (Phi) is 3.49. The van der Waals surface area contributed by atoms with Crippen LogP contribution in [0.2, 0.25) is 0 Å². The first kappa shape index (κ1) is 11.9. The first-order valence-corrected chi connectivity index (χ1v) is 6.47. The molecule has 0 bridgehead atoms. The van der Waals surface area contributed by atoms with Crippen molar-refractivity contribution in [2.45, 2.75) is 19.4 Å². The monoisotopic (exact) mass is 330 g/mol. The second-order valence-corrected chi connectivity index (χ2v) is 5.45. The van der Waals surface area contributed by atoms with Crippen LogP contribution in [0.5, 0.6) is 0 Å². The van der Waals surface area contributed by atoms with Gasteiger partial charge in [0.1, 0.15) is 0 Å². The molecule has 0 saturated carbocycles. The summed E-state index contributed by atoms with van der Waals surface area (Å²) in [5.41, 5.74) is 7.73. The molecule has 0 aliphatic carbocycles. The molecule has 1 fully saturated rings. The number of nitrogens with zero attached hydrogens (tertiary/aromatic N) is 1. The van der Waals surface area contributed by atoms with Gasteiger partial charge in [-0.25, -0.2) is 0 Å². The molecule has 1 aromatic rings. The fraction of sp³-hybridized carbons (Fsp3) is 0.417. The van der Waals surface area contributed by atoms with Gasteiger partial charge in [0, 0.05) is 22.7 Å². The number of carbonyl (C=O) groups is 1. The molecule has 0 spiro atoms. The van der Waals surface area contributed by atoms with Crippen molar-refractivity contribution in [2.75, 3.05) is 13.1 Å². The number of nitrogens with two attached hydrogens (primary N) is 1. The van der Waals surface area contributed by atoms with Crippen LogP contribution in [0, 0.1) is 10.5 Å². The van der Waals surface area contributed by atoms with Crippen molar-refractivity contribution in [1.29, 1.82) is 0 Å². The zero-order valence-corrected chi connectivity index (χ0v) is 11.4. The lowest BCUT2D eigenvalue weighted by atomic mass is 10.1. The molecule has 16 heavy (non-hydrogen) atoms. The predicted molar refractivity (Wildman–Crippen MR) is 72.4 cm³/mol. The smallest absolute Gasteiger partial charge is 0.254 e. The van der Waals surface area contributed by atoms with Crippen molar-refractivity contribution < 1.29 is 4.79 Å². The molecule has 1 saturated heterocycles. The number of halogens is 1. The Morgan fingerprint density at radius 2 is 2.31 bits per heavy atom. The Bertz CT molecular complexity index is 419. The molecule has 1 amide bonds. The number of amides is 1. The Hall–Kier alpha value is -0.620. The van der Waals surface area contributed by atoms with Crippen molar-refractivity contribution in [3.63, 3.8) is 0 Å². The van der Waals surface area contributed by atoms with E-state index >= 15 is 0 Å². The minimum absolute atomic E-state index is 0.112. The van der Waals surface area contributed by atoms with Crippen molar-refractivity contribution >= 4 is 28.5 Å². The van der Waals surface area contributed by atoms with E-state index in [4.69, 9.17) is 5.73 Å². The molecule has 4 heteroatoms. The number of benzene rings is 1. The van der Waals surface area contributed by atoms with E-state index in [0.717, 1.165) is 27.7 Å². The van der Waals surface area contributed by atoms with Gasteiger partial charge >= 0.3 is 0 Å². The summed E-state index contributed by atoms with van der Waals surface area (Å²) in [5.74, 6) is 0.112. The zero-order chi connectivity index (χ0) is 11.7. The summed E-state index contributed by atoms with van der Waals surface area (Å²) in [7, 11) is 0. The van der Waals surface area contributed by atoms with E-state index in [0.29, 0.717) is 6.54 Å². The molecule has 0 radical (unpaired) electrons. The molecule has 0 unspecified atom stereocenters. The summed E-state index contributed by atoms with van der Waals surface area (Å²) >= 11 is 2.21. The fourth-order valence-corrected chi connectivity index (χ4v) is 2.51. The fourth-order valence-electron chi connectivity index (χ4n) is 1.95. The normalized spacial score (nSPS) is 20.2. The third-order valence-electron chi connectivity index (χ3n) is 2.86. The van der Waals surface area contributed by atoms with Gasteiger partial charge in [-0.15, -0.1) is 0 Å². The van der Waals surface area contributed by atoms with Gasteiger partial charge < -0.3 is 10.6 Å². The summed E-state index contributed by atoms with van der Waals surface area (Å²) in [6.07, 6.45) is 0.911. The third-order valence-corrected chi connectivity index (χ3v) is 3.80. The van der Waals surface area contributed by atoms with Gasteiger partial charge in [-0.2, -0.15) is 0 Å². The second-order valence-electron chi connectivity index (χ2n) is 4.28. The van der Waals surface area contributed by atoms with Gasteiger partial charge in [-0.3, -0.25) is 4.79 Å². The largest absolute Gasteiger partial charge is 0.337 e. The second kappa shape index (κ2) is 4.71. The predicted octanol–water partition coefficient (Wildman–Crippen LogP) is 1.77. The van der Waals surface area contributed by atoms with Gasteiger partial charge in [0.15, 0.2) is 0 Å². The molecule has 2 N–H and O–H groups in total. The lowest BCUT2D eigenvalue weighted by molar-refractivity contribution is 0.0789. The van der Waals surface area contributed by atoms with Crippen LogP contribution in [0.1, 0.15) is 22.3 Å². The topological polar surface area (TPSA) is 46.3 Å². The number of carbonyl (C=O) groups excluding carboxylic acids is 1. The number of rotatable bonds is 1. The highest BCUT2D eigenvalue weighted by Crippen LogP contribution is 2.18. The summed E-state index contributed by atoms with van der Waals surface area (Å²) in [6, 6.07) is 6.10. The van der Waals surface area contributed by atoms with Crippen LogP contribution < -0.4 is 5.73 Å². The summed E-state index contributed by atoms with van der Waals surface area (Å²) < 4.78 is 1.01. The lowest BCUT2D eigenvalue weighted by Crippen LogP contribution is -2.32. The van der Waals surface area contributed by atoms with E-state index in [1.54, 1.807) is 0 Å². The molecule has 0 aromatic heterocycles. The van der Waals surface area contributed by atoms with Crippen LogP contribution in [0.4, 0.5) is 0 Å². The minimum atomic E-state index is 0.112. The van der Waals surface area contributed by atoms with E-state index in [9.17, 15) is 4.79 Å². The van der Waals surface area contributed by atoms with E-state index in [1.165, 1.54) is 0 Å². The van der Waals surface area contributed by atoms with Crippen LogP contribution in [0.25, 0.3) is 0 Å². The summed E-state index contributed by atoms with van der Waals surface area (Å²) in [6.45, 7) is 3.47. The van der Waals surface area contributed by atoms with Gasteiger partial charge in [0.2, 0.25) is 0 Å².